The molecule has 53 heavy (non-hydrogen) atoms. The molecule has 0 bridgehead atoms. The molecule has 7 heteroatoms. The molecule has 0 aliphatic rings. The van der Waals surface area contributed by atoms with Crippen LogP contribution >= 0.6 is 0 Å². The zero-order valence-corrected chi connectivity index (χ0v) is 36.9. The second-order valence-corrected chi connectivity index (χ2v) is 18.2. The van der Waals surface area contributed by atoms with Crippen LogP contribution in [0.3, 0.4) is 0 Å². The summed E-state index contributed by atoms with van der Waals surface area (Å²) in [6.07, 6.45) is 24.3. The lowest BCUT2D eigenvalue weighted by Crippen LogP contribution is -2.36. The molecule has 2 unspecified atom stereocenters. The van der Waals surface area contributed by atoms with Gasteiger partial charge in [0.15, 0.2) is 0 Å². The van der Waals surface area contributed by atoms with Gasteiger partial charge < -0.3 is 19.7 Å². The second-order valence-electron chi connectivity index (χ2n) is 18.2. The van der Waals surface area contributed by atoms with Crippen LogP contribution in [-0.2, 0) is 23.9 Å². The van der Waals surface area contributed by atoms with Gasteiger partial charge in [-0.15, -0.1) is 0 Å². The molecule has 0 aromatic rings. The number of nitrogens with zero attached hydrogens (tertiary/aromatic N) is 1. The lowest BCUT2D eigenvalue weighted by molar-refractivity contribution is -0.146. The maximum absolute atomic E-state index is 12.6. The Morgan fingerprint density at radius 1 is 0.472 bits per heavy atom. The van der Waals surface area contributed by atoms with Gasteiger partial charge >= 0.3 is 11.9 Å². The summed E-state index contributed by atoms with van der Waals surface area (Å²) in [6.45, 7) is 19.8. The maximum atomic E-state index is 12.6. The van der Waals surface area contributed by atoms with Crippen molar-refractivity contribution in [1.29, 1.82) is 0 Å². The van der Waals surface area contributed by atoms with Crippen LogP contribution in [0.4, 0.5) is 0 Å². The fourth-order valence-electron chi connectivity index (χ4n) is 6.86. The molecule has 0 aromatic carbocycles. The number of rotatable bonds is 36. The smallest absolute Gasteiger partial charge is 0.305 e. The zero-order valence-electron chi connectivity index (χ0n) is 36.9. The lowest BCUT2D eigenvalue weighted by Gasteiger charge is -2.21. The van der Waals surface area contributed by atoms with E-state index < -0.39 is 0 Å². The molecule has 7 nitrogen and oxygen atoms in total. The van der Waals surface area contributed by atoms with E-state index in [4.69, 9.17) is 9.47 Å². The Morgan fingerprint density at radius 2 is 0.830 bits per heavy atom. The van der Waals surface area contributed by atoms with E-state index in [2.05, 4.69) is 65.6 Å². The van der Waals surface area contributed by atoms with E-state index >= 15 is 0 Å². The SMILES string of the molecule is CC(C)CCC(COC(=O)CCCCCCCCCC(CCCCCCCCCC(=O)OCC(CCC(C)C)C(C)C)NC(=O)CCN(C)C)C(C)C. The predicted octanol–water partition coefficient (Wildman–Crippen LogP) is 11.9. The van der Waals surface area contributed by atoms with E-state index in [9.17, 15) is 14.4 Å². The van der Waals surface area contributed by atoms with Crippen molar-refractivity contribution in [1.82, 2.24) is 10.2 Å². The zero-order chi connectivity index (χ0) is 39.9. The Kier molecular flexibility index (Phi) is 32.7. The maximum Gasteiger partial charge on any atom is 0.305 e. The number of unbranched alkanes of at least 4 members (excludes halogenated alkanes) is 12. The molecule has 1 amide bonds. The first-order valence-electron chi connectivity index (χ1n) is 22.5. The number of esters is 2. The first kappa shape index (κ1) is 51.4. The fraction of sp³-hybridized carbons (Fsp3) is 0.935. The molecular formula is C46H90N2O5. The first-order chi connectivity index (χ1) is 25.2. The van der Waals surface area contributed by atoms with Gasteiger partial charge in [0.2, 0.25) is 5.91 Å². The summed E-state index contributed by atoms with van der Waals surface area (Å²) in [6, 6.07) is 0.267. The normalized spacial score (nSPS) is 13.6. The van der Waals surface area contributed by atoms with E-state index in [0.29, 0.717) is 68.0 Å². The Labute approximate surface area is 329 Å². The van der Waals surface area contributed by atoms with Crippen LogP contribution in [-0.4, -0.2) is 62.6 Å². The van der Waals surface area contributed by atoms with Crippen LogP contribution in [0.15, 0.2) is 0 Å². The summed E-state index contributed by atoms with van der Waals surface area (Å²) in [7, 11) is 4.02. The molecule has 0 spiro atoms. The van der Waals surface area contributed by atoms with Gasteiger partial charge in [0.1, 0.15) is 0 Å². The molecule has 0 aromatic heterocycles. The van der Waals surface area contributed by atoms with Crippen molar-refractivity contribution in [2.24, 2.45) is 35.5 Å². The number of amides is 1. The molecule has 0 rings (SSSR count). The minimum atomic E-state index is -0.0317. The lowest BCUT2D eigenvalue weighted by atomic mass is 9.89. The highest BCUT2D eigenvalue weighted by molar-refractivity contribution is 5.76. The number of nitrogens with one attached hydrogen (secondary N) is 1. The number of hydrogen-bond acceptors (Lipinski definition) is 6. The molecule has 0 fully saturated rings. The largest absolute Gasteiger partial charge is 0.465 e. The predicted molar refractivity (Wildman–Crippen MR) is 225 cm³/mol. The average Bonchev–Trinajstić information content (AvgIpc) is 3.08. The van der Waals surface area contributed by atoms with Crippen molar-refractivity contribution in [3.05, 3.63) is 0 Å². The Balaban J connectivity index is 4.18. The van der Waals surface area contributed by atoms with Crippen molar-refractivity contribution < 1.29 is 23.9 Å². The van der Waals surface area contributed by atoms with Crippen LogP contribution in [0.25, 0.3) is 0 Å². The summed E-state index contributed by atoms with van der Waals surface area (Å²) < 4.78 is 11.3. The summed E-state index contributed by atoms with van der Waals surface area (Å²) in [5, 5.41) is 3.35. The van der Waals surface area contributed by atoms with Gasteiger partial charge in [-0.3, -0.25) is 14.4 Å². The highest BCUT2D eigenvalue weighted by atomic mass is 16.5. The van der Waals surface area contributed by atoms with Crippen LogP contribution in [0.5, 0.6) is 0 Å². The Hall–Kier alpha value is -1.63. The molecule has 1 N–H and O–H groups in total. The molecule has 0 aliphatic heterocycles. The van der Waals surface area contributed by atoms with Crippen molar-refractivity contribution >= 4 is 17.8 Å². The highest BCUT2D eigenvalue weighted by Crippen LogP contribution is 2.22. The number of ether oxygens (including phenoxy) is 2. The Morgan fingerprint density at radius 3 is 1.17 bits per heavy atom. The average molecular weight is 751 g/mol. The van der Waals surface area contributed by atoms with Gasteiger partial charge in [-0.25, -0.2) is 0 Å². The molecule has 0 radical (unpaired) electrons. The molecule has 314 valence electrons. The van der Waals surface area contributed by atoms with Crippen LogP contribution in [0.2, 0.25) is 0 Å². The monoisotopic (exact) mass is 751 g/mol. The molecule has 0 heterocycles. The van der Waals surface area contributed by atoms with Gasteiger partial charge in [-0.1, -0.05) is 145 Å². The van der Waals surface area contributed by atoms with E-state index in [1.54, 1.807) is 0 Å². The van der Waals surface area contributed by atoms with Gasteiger partial charge in [0, 0.05) is 31.8 Å². The third-order valence-electron chi connectivity index (χ3n) is 11.1. The fourth-order valence-corrected chi connectivity index (χ4v) is 6.86. The summed E-state index contributed by atoms with van der Waals surface area (Å²) in [4.78, 5) is 39.3. The van der Waals surface area contributed by atoms with E-state index in [-0.39, 0.29) is 23.9 Å². The summed E-state index contributed by atoms with van der Waals surface area (Å²) >= 11 is 0. The van der Waals surface area contributed by atoms with E-state index in [0.717, 1.165) is 70.8 Å². The van der Waals surface area contributed by atoms with E-state index in [1.165, 1.54) is 64.2 Å². The number of hydrogen-bond donors (Lipinski definition) is 1. The molecule has 0 aliphatic carbocycles. The standard InChI is InChI=1S/C46H90N2O5/c1-37(2)29-31-41(39(5)6)35-52-45(50)27-23-19-15-11-13-17-21-25-43(47-44(49)33-34-48(9)10)26-22-18-14-12-16-20-24-28-46(51)53-36-42(40(7)8)32-30-38(3)4/h37-43H,11-36H2,1-10H3,(H,47,49). The Bertz CT molecular complexity index is 829. The molecular weight excluding hydrogens is 661 g/mol. The highest BCUT2D eigenvalue weighted by Gasteiger charge is 2.18. The minimum absolute atomic E-state index is 0.0317. The van der Waals surface area contributed by atoms with Gasteiger partial charge in [-0.05, 0) is 88.1 Å². The van der Waals surface area contributed by atoms with Crippen molar-refractivity contribution in [3.8, 4) is 0 Å². The van der Waals surface area contributed by atoms with Crippen LogP contribution < -0.4 is 5.32 Å². The van der Waals surface area contributed by atoms with Gasteiger partial charge in [-0.2, -0.15) is 0 Å². The van der Waals surface area contributed by atoms with Crippen LogP contribution in [0.1, 0.15) is 203 Å². The molecule has 0 saturated heterocycles. The molecule has 0 saturated carbocycles. The first-order valence-corrected chi connectivity index (χ1v) is 22.5. The summed E-state index contributed by atoms with van der Waals surface area (Å²) in [5.41, 5.74) is 0. The van der Waals surface area contributed by atoms with E-state index in [1.807, 2.05) is 14.1 Å². The number of carbonyl (C=O) groups excluding carboxylic acids is 3. The summed E-state index contributed by atoms with van der Waals surface area (Å²) in [5.74, 6) is 3.50. The second kappa shape index (κ2) is 33.7. The third-order valence-corrected chi connectivity index (χ3v) is 11.1. The van der Waals surface area contributed by atoms with Gasteiger partial charge in [0.05, 0.1) is 13.2 Å². The van der Waals surface area contributed by atoms with Crippen LogP contribution in [0, 0.1) is 35.5 Å². The van der Waals surface area contributed by atoms with Gasteiger partial charge in [0.25, 0.3) is 0 Å². The number of carbonyl (C=O) groups is 3. The van der Waals surface area contributed by atoms with Crippen molar-refractivity contribution in [2.45, 2.75) is 209 Å². The topological polar surface area (TPSA) is 84.9 Å². The quantitative estimate of drug-likeness (QED) is 0.0507. The minimum Gasteiger partial charge on any atom is -0.465 e. The van der Waals surface area contributed by atoms with Crippen molar-refractivity contribution in [2.75, 3.05) is 33.9 Å². The third kappa shape index (κ3) is 33.4. The molecule has 2 atom stereocenters. The van der Waals surface area contributed by atoms with Crippen molar-refractivity contribution in [3.63, 3.8) is 0 Å².